The maximum Gasteiger partial charge on any atom is 0.413 e. The lowest BCUT2D eigenvalue weighted by Gasteiger charge is -2.21. The van der Waals surface area contributed by atoms with Gasteiger partial charge in [0.1, 0.15) is 25.1 Å². The van der Waals surface area contributed by atoms with E-state index in [2.05, 4.69) is 6.92 Å². The Morgan fingerprint density at radius 1 is 1.50 bits per heavy atom. The molecule has 1 aromatic rings. The fourth-order valence-electron chi connectivity index (χ4n) is 1.68. The van der Waals surface area contributed by atoms with Crippen LogP contribution in [0, 0.1) is 12.7 Å². The van der Waals surface area contributed by atoms with Crippen molar-refractivity contribution in [3.63, 3.8) is 0 Å². The summed E-state index contributed by atoms with van der Waals surface area (Å²) < 4.78 is 23.8. The summed E-state index contributed by atoms with van der Waals surface area (Å²) in [5.41, 5.74) is -0.438. The Labute approximate surface area is 130 Å². The van der Waals surface area contributed by atoms with E-state index in [1.54, 1.807) is 20.9 Å². The highest BCUT2D eigenvalue weighted by molar-refractivity contribution is 5.67. The summed E-state index contributed by atoms with van der Waals surface area (Å²) >= 11 is 0. The van der Waals surface area contributed by atoms with Crippen LogP contribution in [0.4, 0.5) is 9.18 Å². The Kier molecular flexibility index (Phi) is 6.05. The van der Waals surface area contributed by atoms with Crippen molar-refractivity contribution < 1.29 is 23.8 Å². The van der Waals surface area contributed by atoms with E-state index in [1.807, 2.05) is 0 Å². The van der Waals surface area contributed by atoms with Crippen LogP contribution in [-0.2, 0) is 4.74 Å². The normalized spacial score (nSPS) is 12.6. The van der Waals surface area contributed by atoms with Gasteiger partial charge in [0.2, 0.25) is 5.60 Å². The number of carbonyl (C=O) groups excluding carboxylic acids is 1. The molecule has 122 valence electrons. The number of hydrogen-bond donors (Lipinski definition) is 1. The van der Waals surface area contributed by atoms with E-state index in [-0.39, 0.29) is 13.2 Å². The van der Waals surface area contributed by atoms with Crippen molar-refractivity contribution in [1.29, 1.82) is 0 Å². The van der Waals surface area contributed by atoms with Crippen LogP contribution in [-0.4, -0.2) is 41.9 Å². The summed E-state index contributed by atoms with van der Waals surface area (Å²) in [7, 11) is 1.58. The molecule has 0 saturated carbocycles. The highest BCUT2D eigenvalue weighted by Gasteiger charge is 2.25. The average molecular weight is 312 g/mol. The molecule has 1 atom stereocenters. The Balaban J connectivity index is 2.56. The first-order valence-electron chi connectivity index (χ1n) is 7.00. The number of aliphatic hydroxyl groups is 1. The highest BCUT2D eigenvalue weighted by atomic mass is 19.1. The van der Waals surface area contributed by atoms with Crippen molar-refractivity contribution >= 4 is 6.09 Å². The molecule has 0 heterocycles. The summed E-state index contributed by atoms with van der Waals surface area (Å²) in [6.45, 7) is 9.06. The van der Waals surface area contributed by atoms with Crippen molar-refractivity contribution in [2.45, 2.75) is 32.5 Å². The largest absolute Gasteiger partial charge is 0.491 e. The third-order valence-electron chi connectivity index (χ3n) is 2.78. The highest BCUT2D eigenvalue weighted by Crippen LogP contribution is 2.25. The number of nitrogens with zero attached hydrogens (tertiary/aromatic N) is 1. The van der Waals surface area contributed by atoms with Gasteiger partial charge in [-0.2, -0.15) is 0 Å². The van der Waals surface area contributed by atoms with Crippen molar-refractivity contribution in [2.75, 3.05) is 20.2 Å². The summed E-state index contributed by atoms with van der Waals surface area (Å²) in [5, 5.41) is 9.62. The first-order chi connectivity index (χ1) is 10.1. The van der Waals surface area contributed by atoms with Gasteiger partial charge in [0.25, 0.3) is 0 Å². The van der Waals surface area contributed by atoms with Gasteiger partial charge in [-0.25, -0.2) is 9.18 Å². The minimum atomic E-state index is -0.847. The lowest BCUT2D eigenvalue weighted by molar-refractivity contribution is 0.0425. The van der Waals surface area contributed by atoms with Gasteiger partial charge in [0, 0.05) is 26.5 Å². The minimum Gasteiger partial charge on any atom is -0.491 e. The van der Waals surface area contributed by atoms with Crippen LogP contribution in [0.2, 0.25) is 0 Å². The van der Waals surface area contributed by atoms with Crippen molar-refractivity contribution in [1.82, 2.24) is 4.90 Å². The summed E-state index contributed by atoms with van der Waals surface area (Å²) in [4.78, 5) is 13.1. The minimum absolute atomic E-state index is 0.189. The van der Waals surface area contributed by atoms with Crippen LogP contribution in [0.3, 0.4) is 0 Å². The number of benzene rings is 1. The Hall–Kier alpha value is -1.95. The van der Waals surface area contributed by atoms with E-state index in [0.717, 1.165) is 0 Å². The maximum absolute atomic E-state index is 13.2. The standard InChI is InChI=1S/C16H23FNO4/c1-11(19)13-10-12(17)6-7-14(13)21-9-8-18(5)15(20)22-16(2,3)4/h6-7,10-11,19H,2,8-9H2,1,3-5H3/q+1/t11-/m1/s1. The molecule has 0 bridgehead atoms. The van der Waals surface area contributed by atoms with Crippen molar-refractivity contribution in [3.05, 3.63) is 36.5 Å². The molecule has 0 fully saturated rings. The molecule has 5 nitrogen and oxygen atoms in total. The SMILES string of the molecule is [CH2+]C(C)(C)OC(=O)N(C)CCOc1ccc(F)cc1[C@@H](C)O. The number of halogens is 1. The molecule has 0 saturated heterocycles. The lowest BCUT2D eigenvalue weighted by atomic mass is 10.1. The van der Waals surface area contributed by atoms with E-state index < -0.39 is 23.6 Å². The molecular formula is C16H23FNO4+. The predicted molar refractivity (Wildman–Crippen MR) is 81.1 cm³/mol. The van der Waals surface area contributed by atoms with Crippen molar-refractivity contribution in [3.8, 4) is 5.75 Å². The van der Waals surface area contributed by atoms with E-state index in [4.69, 9.17) is 9.47 Å². The van der Waals surface area contributed by atoms with E-state index in [9.17, 15) is 14.3 Å². The molecular weight excluding hydrogens is 289 g/mol. The molecule has 0 aromatic heterocycles. The Bertz CT molecular complexity index is 511. The topological polar surface area (TPSA) is 59.0 Å². The van der Waals surface area contributed by atoms with Gasteiger partial charge >= 0.3 is 6.09 Å². The number of aliphatic hydroxyl groups excluding tert-OH is 1. The Morgan fingerprint density at radius 2 is 2.14 bits per heavy atom. The number of hydrogen-bond acceptors (Lipinski definition) is 4. The molecule has 1 rings (SSSR count). The summed E-state index contributed by atoms with van der Waals surface area (Å²) in [6, 6.07) is 3.93. The van der Waals surface area contributed by atoms with Crippen molar-refractivity contribution in [2.24, 2.45) is 0 Å². The van der Waals surface area contributed by atoms with Crippen LogP contribution in [0.5, 0.6) is 5.75 Å². The summed E-state index contributed by atoms with van der Waals surface area (Å²) in [6.07, 6.45) is -1.35. The zero-order valence-corrected chi connectivity index (χ0v) is 13.4. The fourth-order valence-corrected chi connectivity index (χ4v) is 1.68. The number of likely N-dealkylation sites (N-methyl/N-ethyl adjacent to an activating group) is 1. The van der Waals surface area contributed by atoms with Gasteiger partial charge in [-0.15, -0.1) is 0 Å². The molecule has 6 heteroatoms. The predicted octanol–water partition coefficient (Wildman–Crippen LogP) is 2.94. The molecule has 1 N–H and O–H groups in total. The Morgan fingerprint density at radius 3 is 2.68 bits per heavy atom. The van der Waals surface area contributed by atoms with E-state index in [1.165, 1.54) is 30.0 Å². The second kappa shape index (κ2) is 7.35. The smallest absolute Gasteiger partial charge is 0.413 e. The third-order valence-corrected chi connectivity index (χ3v) is 2.78. The van der Waals surface area contributed by atoms with Crippen LogP contribution < -0.4 is 4.74 Å². The third kappa shape index (κ3) is 5.81. The van der Waals surface area contributed by atoms with E-state index in [0.29, 0.717) is 11.3 Å². The fraction of sp³-hybridized carbons (Fsp3) is 0.500. The molecule has 0 unspecified atom stereocenters. The zero-order chi connectivity index (χ0) is 16.9. The first-order valence-corrected chi connectivity index (χ1v) is 7.00. The van der Waals surface area contributed by atoms with Gasteiger partial charge in [-0.05, 0) is 25.1 Å². The van der Waals surface area contributed by atoms with Gasteiger partial charge < -0.3 is 19.5 Å². The average Bonchev–Trinajstić information content (AvgIpc) is 2.38. The molecule has 0 aliphatic carbocycles. The first kappa shape index (κ1) is 18.1. The monoisotopic (exact) mass is 312 g/mol. The van der Waals surface area contributed by atoms with Crippen LogP contribution in [0.1, 0.15) is 32.4 Å². The molecule has 0 radical (unpaired) electrons. The van der Waals surface area contributed by atoms with Gasteiger partial charge in [0.05, 0.1) is 12.6 Å². The van der Waals surface area contributed by atoms with Gasteiger partial charge in [-0.1, -0.05) is 0 Å². The number of carbonyl (C=O) groups is 1. The zero-order valence-electron chi connectivity index (χ0n) is 13.4. The van der Waals surface area contributed by atoms with Gasteiger partial charge in [-0.3, -0.25) is 0 Å². The van der Waals surface area contributed by atoms with Gasteiger partial charge in [0.15, 0.2) is 0 Å². The number of rotatable bonds is 6. The van der Waals surface area contributed by atoms with Crippen LogP contribution in [0.25, 0.3) is 0 Å². The van der Waals surface area contributed by atoms with Crippen LogP contribution in [0.15, 0.2) is 18.2 Å². The lowest BCUT2D eigenvalue weighted by Crippen LogP contribution is -2.36. The second-order valence-electron chi connectivity index (χ2n) is 5.76. The maximum atomic E-state index is 13.2. The summed E-state index contributed by atoms with van der Waals surface area (Å²) in [5.74, 6) is -0.0581. The number of amides is 1. The molecule has 1 aromatic carbocycles. The quantitative estimate of drug-likeness (QED) is 0.821. The molecule has 1 amide bonds. The van der Waals surface area contributed by atoms with Crippen LogP contribution >= 0.6 is 0 Å². The second-order valence-corrected chi connectivity index (χ2v) is 5.76. The molecule has 0 aliphatic heterocycles. The molecule has 22 heavy (non-hydrogen) atoms. The molecule has 0 aliphatic rings. The number of ether oxygens (including phenoxy) is 2. The molecule has 0 spiro atoms. The van der Waals surface area contributed by atoms with E-state index >= 15 is 0 Å².